The topological polar surface area (TPSA) is 135 Å². The Morgan fingerprint density at radius 1 is 0.778 bits per heavy atom. The zero-order valence-electron chi connectivity index (χ0n) is 32.7. The molecule has 1 saturated carbocycles. The molecule has 292 valence electrons. The van der Waals surface area contributed by atoms with E-state index in [-0.39, 0.29) is 24.3 Å². The number of rotatable bonds is 15. The third-order valence-corrected chi connectivity index (χ3v) is 10.00. The lowest BCUT2D eigenvalue weighted by Crippen LogP contribution is -2.59. The van der Waals surface area contributed by atoms with Crippen LogP contribution in [-0.2, 0) is 29.5 Å². The molecule has 0 spiro atoms. The van der Waals surface area contributed by atoms with E-state index in [1.165, 1.54) is 0 Å². The van der Waals surface area contributed by atoms with E-state index in [0.29, 0.717) is 28.1 Å². The smallest absolute Gasteiger partial charge is 0.407 e. The number of ether oxygens (including phenoxy) is 2. The Bertz CT molecular complexity index is 1700. The fourth-order valence-corrected chi connectivity index (χ4v) is 7.25. The van der Waals surface area contributed by atoms with Crippen LogP contribution < -0.4 is 21.3 Å². The predicted octanol–water partition coefficient (Wildman–Crippen LogP) is 7.19. The first-order valence-corrected chi connectivity index (χ1v) is 19.4. The summed E-state index contributed by atoms with van der Waals surface area (Å²) in [6, 6.07) is 21.2. The van der Waals surface area contributed by atoms with Crippen molar-refractivity contribution in [2.45, 2.75) is 109 Å². The molecule has 11 heteroatoms. The van der Waals surface area contributed by atoms with E-state index in [1.54, 1.807) is 46.0 Å². The van der Waals surface area contributed by atoms with Crippen molar-refractivity contribution < 1.29 is 28.7 Å². The molecule has 1 fully saturated rings. The largest absolute Gasteiger partial charge is 0.444 e. The minimum atomic E-state index is -1.56. The minimum absolute atomic E-state index is 0.145. The molecule has 3 amide bonds. The summed E-state index contributed by atoms with van der Waals surface area (Å²) < 4.78 is 12.2. The van der Waals surface area contributed by atoms with Crippen molar-refractivity contribution in [2.24, 2.45) is 11.8 Å². The Morgan fingerprint density at radius 3 is 1.98 bits per heavy atom. The standard InChI is InChI=1S/C43H57ClN4O6/c1-28(2)26-35(45-7)38(49)48-37(30-16-10-8-11-17-30)39(50)47-36(27-46-41(52)54-42(4,5)6)40(51)53-43(31-18-12-9-13-19-31,32-24-22-29(3)23-25-32)33-20-14-15-21-34(33)44/h9,12-15,18-25,28,30,35-37,45H,8,10-11,16-17,26-27H2,1-7H3,(H,46,52)(H,47,50)(H,48,49)/t35-,36-,37-,43?/m0/s1. The maximum atomic E-state index is 14.8. The molecule has 0 saturated heterocycles. The van der Waals surface area contributed by atoms with Gasteiger partial charge in [-0.2, -0.15) is 0 Å². The number of benzene rings is 3. The number of hydrogen-bond donors (Lipinski definition) is 4. The number of halogens is 1. The highest BCUT2D eigenvalue weighted by atomic mass is 35.5. The van der Waals surface area contributed by atoms with Crippen molar-refractivity contribution in [2.75, 3.05) is 13.6 Å². The number of amides is 3. The SMILES string of the molecule is CN[C@@H](CC(C)C)C(=O)N[C@H](C(=O)N[C@@H](CNC(=O)OC(C)(C)C)C(=O)OC(c1ccccc1)(c1ccc(C)cc1)c1ccccc1Cl)C1CCCCC1. The maximum absolute atomic E-state index is 14.8. The Morgan fingerprint density at radius 2 is 1.39 bits per heavy atom. The van der Waals surface area contributed by atoms with E-state index in [2.05, 4.69) is 21.3 Å². The fraction of sp³-hybridized carbons (Fsp3) is 0.488. The van der Waals surface area contributed by atoms with Gasteiger partial charge in [0, 0.05) is 21.7 Å². The van der Waals surface area contributed by atoms with Crippen LogP contribution in [0.1, 0.15) is 95.4 Å². The Kier molecular flexibility index (Phi) is 15.1. The number of likely N-dealkylation sites (N-methyl/N-ethyl adjacent to an activating group) is 1. The van der Waals surface area contributed by atoms with E-state index in [1.807, 2.05) is 81.4 Å². The van der Waals surface area contributed by atoms with E-state index in [9.17, 15) is 19.2 Å². The molecule has 4 rings (SSSR count). The lowest BCUT2D eigenvalue weighted by atomic mass is 9.79. The van der Waals surface area contributed by atoms with Gasteiger partial charge in [-0.15, -0.1) is 0 Å². The fourth-order valence-electron chi connectivity index (χ4n) is 6.98. The lowest BCUT2D eigenvalue weighted by Gasteiger charge is -2.37. The third kappa shape index (κ3) is 11.3. The minimum Gasteiger partial charge on any atom is -0.444 e. The summed E-state index contributed by atoms with van der Waals surface area (Å²) in [5, 5.41) is 12.0. The van der Waals surface area contributed by atoms with Crippen molar-refractivity contribution in [3.8, 4) is 0 Å². The van der Waals surface area contributed by atoms with Gasteiger partial charge in [0.2, 0.25) is 11.8 Å². The number of hydrogen-bond acceptors (Lipinski definition) is 7. The van der Waals surface area contributed by atoms with Gasteiger partial charge in [0.25, 0.3) is 0 Å². The number of esters is 1. The molecule has 0 aliphatic heterocycles. The second-order valence-corrected chi connectivity index (χ2v) is 16.0. The highest BCUT2D eigenvalue weighted by Gasteiger charge is 2.44. The van der Waals surface area contributed by atoms with Crippen LogP contribution in [0.3, 0.4) is 0 Å². The molecule has 0 radical (unpaired) electrons. The summed E-state index contributed by atoms with van der Waals surface area (Å²) in [5.74, 6) is -1.56. The molecule has 4 N–H and O–H groups in total. The van der Waals surface area contributed by atoms with Gasteiger partial charge in [0.1, 0.15) is 17.7 Å². The second kappa shape index (κ2) is 19.3. The van der Waals surface area contributed by atoms with Gasteiger partial charge in [-0.1, -0.05) is 123 Å². The maximum Gasteiger partial charge on any atom is 0.407 e. The molecule has 0 heterocycles. The molecular formula is C43H57ClN4O6. The first-order valence-electron chi connectivity index (χ1n) is 19.0. The van der Waals surface area contributed by atoms with Crippen LogP contribution in [0.2, 0.25) is 5.02 Å². The van der Waals surface area contributed by atoms with Crippen molar-refractivity contribution >= 4 is 35.5 Å². The molecule has 54 heavy (non-hydrogen) atoms. The van der Waals surface area contributed by atoms with Crippen LogP contribution in [0.25, 0.3) is 0 Å². The molecule has 1 unspecified atom stereocenters. The monoisotopic (exact) mass is 760 g/mol. The van der Waals surface area contributed by atoms with Crippen LogP contribution in [0, 0.1) is 18.8 Å². The van der Waals surface area contributed by atoms with E-state index in [0.717, 1.165) is 37.7 Å². The summed E-state index contributed by atoms with van der Waals surface area (Å²) in [4.78, 5) is 55.8. The number of aryl methyl sites for hydroxylation is 1. The first-order chi connectivity index (χ1) is 25.6. The van der Waals surface area contributed by atoms with E-state index < -0.39 is 47.3 Å². The van der Waals surface area contributed by atoms with Gasteiger partial charge in [-0.25, -0.2) is 9.59 Å². The third-order valence-electron chi connectivity index (χ3n) is 9.67. The number of nitrogens with one attached hydrogen (secondary N) is 4. The number of alkyl carbamates (subject to hydrolysis) is 1. The Balaban J connectivity index is 1.78. The van der Waals surface area contributed by atoms with Crippen molar-refractivity contribution in [1.29, 1.82) is 0 Å². The van der Waals surface area contributed by atoms with Crippen molar-refractivity contribution in [3.05, 3.63) is 106 Å². The van der Waals surface area contributed by atoms with Gasteiger partial charge >= 0.3 is 12.1 Å². The lowest BCUT2D eigenvalue weighted by molar-refractivity contribution is -0.157. The van der Waals surface area contributed by atoms with Gasteiger partial charge in [0.05, 0.1) is 12.6 Å². The average molecular weight is 761 g/mol. The van der Waals surface area contributed by atoms with Crippen LogP contribution in [0.4, 0.5) is 4.79 Å². The quantitative estimate of drug-likeness (QED) is 0.0952. The van der Waals surface area contributed by atoms with Crippen LogP contribution in [0.15, 0.2) is 78.9 Å². The molecule has 10 nitrogen and oxygen atoms in total. The van der Waals surface area contributed by atoms with Gasteiger partial charge in [-0.05, 0) is 71.9 Å². The first kappa shape index (κ1) is 42.3. The summed E-state index contributed by atoms with van der Waals surface area (Å²) in [5.41, 5.74) is 0.390. The molecule has 0 bridgehead atoms. The van der Waals surface area contributed by atoms with Gasteiger partial charge < -0.3 is 30.7 Å². The molecule has 3 aromatic rings. The van der Waals surface area contributed by atoms with Crippen LogP contribution in [-0.4, -0.2) is 61.2 Å². The molecule has 0 aromatic heterocycles. The van der Waals surface area contributed by atoms with Crippen LogP contribution >= 0.6 is 11.6 Å². The summed E-state index contributed by atoms with van der Waals surface area (Å²) in [6.07, 6.45) is 4.19. The highest BCUT2D eigenvalue weighted by Crippen LogP contribution is 2.44. The highest BCUT2D eigenvalue weighted by molar-refractivity contribution is 6.31. The zero-order chi connectivity index (χ0) is 39.5. The summed E-state index contributed by atoms with van der Waals surface area (Å²) in [6.45, 7) is 10.9. The zero-order valence-corrected chi connectivity index (χ0v) is 33.4. The van der Waals surface area contributed by atoms with Crippen molar-refractivity contribution in [3.63, 3.8) is 0 Å². The summed E-state index contributed by atoms with van der Waals surface area (Å²) in [7, 11) is 1.72. The number of carbonyl (C=O) groups excluding carboxylic acids is 4. The predicted molar refractivity (Wildman–Crippen MR) is 212 cm³/mol. The Labute approximate surface area is 325 Å². The Hall–Kier alpha value is -4.41. The molecule has 4 atom stereocenters. The average Bonchev–Trinajstić information content (AvgIpc) is 3.13. The number of carbonyl (C=O) groups is 4. The van der Waals surface area contributed by atoms with Crippen LogP contribution in [0.5, 0.6) is 0 Å². The molecule has 1 aliphatic rings. The normalized spacial score (nSPS) is 16.3. The van der Waals surface area contributed by atoms with Crippen molar-refractivity contribution in [1.82, 2.24) is 21.3 Å². The second-order valence-electron chi connectivity index (χ2n) is 15.6. The van der Waals surface area contributed by atoms with Gasteiger partial charge in [-0.3, -0.25) is 9.59 Å². The molecular weight excluding hydrogens is 704 g/mol. The van der Waals surface area contributed by atoms with E-state index in [4.69, 9.17) is 21.1 Å². The molecule has 3 aromatic carbocycles. The van der Waals surface area contributed by atoms with Gasteiger partial charge in [0.15, 0.2) is 5.60 Å². The molecule has 1 aliphatic carbocycles. The summed E-state index contributed by atoms with van der Waals surface area (Å²) >= 11 is 6.92. The van der Waals surface area contributed by atoms with E-state index >= 15 is 0 Å².